The highest BCUT2D eigenvalue weighted by atomic mass is 16.4. The molecule has 1 saturated heterocycles. The molecule has 2 atom stereocenters. The quantitative estimate of drug-likeness (QED) is 0.717. The average Bonchev–Trinajstić information content (AvgIpc) is 2.83. The molecule has 0 aromatic carbocycles. The van der Waals surface area contributed by atoms with Gasteiger partial charge in [0.25, 0.3) is 0 Å². The van der Waals surface area contributed by atoms with E-state index in [1.807, 2.05) is 0 Å². The van der Waals surface area contributed by atoms with Crippen LogP contribution in [0.15, 0.2) is 0 Å². The number of hydrogen-bond donors (Lipinski definition) is 3. The third-order valence-electron chi connectivity index (χ3n) is 4.91. The monoisotopic (exact) mass is 297 g/mol. The molecule has 1 aliphatic carbocycles. The van der Waals surface area contributed by atoms with Gasteiger partial charge in [-0.15, -0.1) is 0 Å². The Morgan fingerprint density at radius 2 is 1.95 bits per heavy atom. The first-order valence-electron chi connectivity index (χ1n) is 8.02. The standard InChI is InChI=1S/C15H27N3O3/c1-15(13(19)20)7-5-6-12(15)17-14(21)16-8-11-18-9-3-2-4-10-18/h12H,2-11H2,1H3,(H,19,20)(H2,16,17,21). The molecule has 2 amide bonds. The lowest BCUT2D eigenvalue weighted by Crippen LogP contribution is -2.51. The normalized spacial score (nSPS) is 30.0. The van der Waals surface area contributed by atoms with E-state index in [2.05, 4.69) is 15.5 Å². The number of urea groups is 1. The van der Waals surface area contributed by atoms with Crippen molar-refractivity contribution < 1.29 is 14.7 Å². The van der Waals surface area contributed by atoms with Crippen LogP contribution >= 0.6 is 0 Å². The number of aliphatic carboxylic acids is 1. The molecule has 0 aromatic heterocycles. The van der Waals surface area contributed by atoms with E-state index in [1.165, 1.54) is 19.3 Å². The Morgan fingerprint density at radius 1 is 1.24 bits per heavy atom. The third kappa shape index (κ3) is 4.09. The Bertz CT molecular complexity index is 382. The van der Waals surface area contributed by atoms with E-state index >= 15 is 0 Å². The van der Waals surface area contributed by atoms with Crippen molar-refractivity contribution in [3.8, 4) is 0 Å². The molecule has 120 valence electrons. The van der Waals surface area contributed by atoms with Crippen molar-refractivity contribution in [1.29, 1.82) is 0 Å². The summed E-state index contributed by atoms with van der Waals surface area (Å²) in [6, 6.07) is -0.517. The van der Waals surface area contributed by atoms with E-state index < -0.39 is 11.4 Å². The lowest BCUT2D eigenvalue weighted by Gasteiger charge is -2.28. The van der Waals surface area contributed by atoms with Crippen LogP contribution in [0.1, 0.15) is 45.4 Å². The second kappa shape index (κ2) is 7.11. The van der Waals surface area contributed by atoms with Gasteiger partial charge in [0.05, 0.1) is 5.41 Å². The molecule has 2 aliphatic rings. The molecule has 1 aliphatic heterocycles. The van der Waals surface area contributed by atoms with Crippen molar-refractivity contribution in [3.05, 3.63) is 0 Å². The largest absolute Gasteiger partial charge is 0.481 e. The smallest absolute Gasteiger partial charge is 0.315 e. The van der Waals surface area contributed by atoms with Crippen LogP contribution in [0.2, 0.25) is 0 Å². The van der Waals surface area contributed by atoms with Gasteiger partial charge in [-0.25, -0.2) is 4.79 Å². The number of piperidine rings is 1. The van der Waals surface area contributed by atoms with Crippen LogP contribution in [0.3, 0.4) is 0 Å². The summed E-state index contributed by atoms with van der Waals surface area (Å²) >= 11 is 0. The van der Waals surface area contributed by atoms with E-state index in [9.17, 15) is 14.7 Å². The molecule has 6 heteroatoms. The highest BCUT2D eigenvalue weighted by molar-refractivity contribution is 5.79. The lowest BCUT2D eigenvalue weighted by atomic mass is 9.85. The Balaban J connectivity index is 1.70. The molecule has 21 heavy (non-hydrogen) atoms. The van der Waals surface area contributed by atoms with Crippen LogP contribution in [-0.4, -0.2) is 54.2 Å². The number of rotatable bonds is 5. The van der Waals surface area contributed by atoms with E-state index in [0.717, 1.165) is 32.5 Å². The fourth-order valence-corrected chi connectivity index (χ4v) is 3.37. The van der Waals surface area contributed by atoms with Gasteiger partial charge in [0.2, 0.25) is 0 Å². The molecule has 3 N–H and O–H groups in total. The maximum Gasteiger partial charge on any atom is 0.315 e. The van der Waals surface area contributed by atoms with Crippen molar-refractivity contribution in [2.75, 3.05) is 26.2 Å². The first-order valence-corrected chi connectivity index (χ1v) is 8.02. The molecule has 1 saturated carbocycles. The van der Waals surface area contributed by atoms with E-state index in [4.69, 9.17) is 0 Å². The number of nitrogens with zero attached hydrogens (tertiary/aromatic N) is 1. The van der Waals surface area contributed by atoms with Crippen molar-refractivity contribution >= 4 is 12.0 Å². The van der Waals surface area contributed by atoms with E-state index in [-0.39, 0.29) is 12.1 Å². The molecule has 0 aromatic rings. The summed E-state index contributed by atoms with van der Waals surface area (Å²) in [6.07, 6.45) is 6.00. The Kier molecular flexibility index (Phi) is 5.45. The molecule has 0 radical (unpaired) electrons. The average molecular weight is 297 g/mol. The zero-order valence-electron chi connectivity index (χ0n) is 12.9. The number of likely N-dealkylation sites (tertiary alicyclic amines) is 1. The predicted molar refractivity (Wildman–Crippen MR) is 80.2 cm³/mol. The molecule has 2 rings (SSSR count). The van der Waals surface area contributed by atoms with Crippen LogP contribution < -0.4 is 10.6 Å². The predicted octanol–water partition coefficient (Wildman–Crippen LogP) is 1.41. The minimum atomic E-state index is -0.829. The number of hydrogen-bond acceptors (Lipinski definition) is 3. The minimum Gasteiger partial charge on any atom is -0.481 e. The fourth-order valence-electron chi connectivity index (χ4n) is 3.37. The molecule has 6 nitrogen and oxygen atoms in total. The van der Waals surface area contributed by atoms with Gasteiger partial charge >= 0.3 is 12.0 Å². The second-order valence-corrected chi connectivity index (χ2v) is 6.47. The maximum atomic E-state index is 11.9. The summed E-state index contributed by atoms with van der Waals surface area (Å²) < 4.78 is 0. The van der Waals surface area contributed by atoms with Gasteiger partial charge in [-0.3, -0.25) is 4.79 Å². The molecule has 2 unspecified atom stereocenters. The Hall–Kier alpha value is -1.30. The highest BCUT2D eigenvalue weighted by Gasteiger charge is 2.45. The van der Waals surface area contributed by atoms with Crippen molar-refractivity contribution in [3.63, 3.8) is 0 Å². The molecular weight excluding hydrogens is 270 g/mol. The maximum absolute atomic E-state index is 11.9. The number of carbonyl (C=O) groups excluding carboxylic acids is 1. The summed E-state index contributed by atoms with van der Waals surface area (Å²) in [5.41, 5.74) is -0.829. The van der Waals surface area contributed by atoms with Crippen LogP contribution in [0.25, 0.3) is 0 Å². The van der Waals surface area contributed by atoms with Gasteiger partial charge in [-0.05, 0) is 45.7 Å². The summed E-state index contributed by atoms with van der Waals surface area (Å²) in [5.74, 6) is -0.821. The first-order chi connectivity index (χ1) is 10.0. The topological polar surface area (TPSA) is 81.7 Å². The summed E-state index contributed by atoms with van der Waals surface area (Å²) in [4.78, 5) is 25.6. The molecule has 0 bridgehead atoms. The molecule has 2 fully saturated rings. The number of carbonyl (C=O) groups is 2. The van der Waals surface area contributed by atoms with E-state index in [0.29, 0.717) is 13.0 Å². The van der Waals surface area contributed by atoms with Gasteiger partial charge in [-0.1, -0.05) is 12.8 Å². The Morgan fingerprint density at radius 3 is 2.62 bits per heavy atom. The summed E-state index contributed by atoms with van der Waals surface area (Å²) in [6.45, 7) is 5.43. The van der Waals surface area contributed by atoms with Crippen LogP contribution in [0.4, 0.5) is 4.79 Å². The van der Waals surface area contributed by atoms with Crippen molar-refractivity contribution in [2.24, 2.45) is 5.41 Å². The first kappa shape index (κ1) is 16.1. The number of carboxylic acid groups (broad SMARTS) is 1. The van der Waals surface area contributed by atoms with Gasteiger partial charge in [0.1, 0.15) is 0 Å². The van der Waals surface area contributed by atoms with Gasteiger partial charge in [-0.2, -0.15) is 0 Å². The van der Waals surface area contributed by atoms with Gasteiger partial charge in [0.15, 0.2) is 0 Å². The molecular formula is C15H27N3O3. The fraction of sp³-hybridized carbons (Fsp3) is 0.867. The van der Waals surface area contributed by atoms with Crippen molar-refractivity contribution in [2.45, 2.75) is 51.5 Å². The zero-order chi connectivity index (χ0) is 15.3. The van der Waals surface area contributed by atoms with Gasteiger partial charge in [0, 0.05) is 19.1 Å². The van der Waals surface area contributed by atoms with Crippen molar-refractivity contribution in [1.82, 2.24) is 15.5 Å². The number of amides is 2. The summed E-state index contributed by atoms with van der Waals surface area (Å²) in [7, 11) is 0. The highest BCUT2D eigenvalue weighted by Crippen LogP contribution is 2.38. The summed E-state index contributed by atoms with van der Waals surface area (Å²) in [5, 5.41) is 15.0. The number of carboxylic acids is 1. The Labute approximate surface area is 126 Å². The van der Waals surface area contributed by atoms with Crippen LogP contribution in [0, 0.1) is 5.41 Å². The lowest BCUT2D eigenvalue weighted by molar-refractivity contribution is -0.148. The van der Waals surface area contributed by atoms with Crippen LogP contribution in [-0.2, 0) is 4.79 Å². The zero-order valence-corrected chi connectivity index (χ0v) is 12.9. The molecule has 1 heterocycles. The second-order valence-electron chi connectivity index (χ2n) is 6.47. The van der Waals surface area contributed by atoms with Crippen LogP contribution in [0.5, 0.6) is 0 Å². The molecule has 0 spiro atoms. The SMILES string of the molecule is CC1(C(=O)O)CCCC1NC(=O)NCCN1CCCCC1. The third-order valence-corrected chi connectivity index (χ3v) is 4.91. The van der Waals surface area contributed by atoms with E-state index in [1.54, 1.807) is 6.92 Å². The minimum absolute atomic E-state index is 0.244. The number of nitrogens with one attached hydrogen (secondary N) is 2. The van der Waals surface area contributed by atoms with Gasteiger partial charge < -0.3 is 20.6 Å².